The predicted molar refractivity (Wildman–Crippen MR) is 85.6 cm³/mol. The van der Waals surface area contributed by atoms with E-state index in [4.69, 9.17) is 0 Å². The summed E-state index contributed by atoms with van der Waals surface area (Å²) in [5.74, 6) is -0.348. The van der Waals surface area contributed by atoms with E-state index in [1.165, 1.54) is 0 Å². The number of aliphatic carboxylic acids is 1. The zero-order valence-electron chi connectivity index (χ0n) is 13.9. The van der Waals surface area contributed by atoms with E-state index in [0.29, 0.717) is 24.7 Å². The minimum absolute atomic E-state index is 0.120. The standard InChI is InChI=1S/C19H28O4/c1-10-11-3-4-15-18(2)9-12(20)7-13(17(22)23)14(18)5-6-19(15,8-11)16(10)21/h11-16,20-21H,1,3-9H2,2H3,(H,22,23)/t11-,12+,13+,14+,15-,16-,18+,19?/m0/s1. The van der Waals surface area contributed by atoms with Gasteiger partial charge in [-0.05, 0) is 73.7 Å². The normalized spacial score (nSPS) is 55.2. The highest BCUT2D eigenvalue weighted by Gasteiger charge is 2.66. The van der Waals surface area contributed by atoms with Crippen molar-refractivity contribution in [1.29, 1.82) is 0 Å². The lowest BCUT2D eigenvalue weighted by Gasteiger charge is -2.62. The number of rotatable bonds is 1. The Morgan fingerprint density at radius 3 is 2.65 bits per heavy atom. The van der Waals surface area contributed by atoms with Crippen molar-refractivity contribution in [2.24, 2.45) is 34.5 Å². The van der Waals surface area contributed by atoms with E-state index in [9.17, 15) is 20.1 Å². The molecule has 1 spiro atoms. The average Bonchev–Trinajstić information content (AvgIpc) is 2.66. The first-order chi connectivity index (χ1) is 10.8. The molecule has 4 saturated carbocycles. The Balaban J connectivity index is 1.76. The molecule has 0 aromatic carbocycles. The van der Waals surface area contributed by atoms with Crippen LogP contribution in [0.5, 0.6) is 0 Å². The van der Waals surface area contributed by atoms with Crippen molar-refractivity contribution in [3.05, 3.63) is 12.2 Å². The van der Waals surface area contributed by atoms with Crippen molar-refractivity contribution in [2.75, 3.05) is 0 Å². The fourth-order valence-electron chi connectivity index (χ4n) is 7.26. The first-order valence-corrected chi connectivity index (χ1v) is 9.07. The molecule has 128 valence electrons. The van der Waals surface area contributed by atoms with Gasteiger partial charge in [-0.15, -0.1) is 0 Å². The van der Waals surface area contributed by atoms with Crippen molar-refractivity contribution in [2.45, 2.75) is 64.1 Å². The van der Waals surface area contributed by atoms with Crippen LogP contribution < -0.4 is 0 Å². The minimum atomic E-state index is -0.763. The number of hydrogen-bond donors (Lipinski definition) is 3. The van der Waals surface area contributed by atoms with E-state index in [-0.39, 0.29) is 16.7 Å². The van der Waals surface area contributed by atoms with Gasteiger partial charge in [-0.3, -0.25) is 4.79 Å². The third kappa shape index (κ3) is 1.88. The maximum atomic E-state index is 11.8. The van der Waals surface area contributed by atoms with Gasteiger partial charge in [0.25, 0.3) is 0 Å². The van der Waals surface area contributed by atoms with Gasteiger partial charge >= 0.3 is 5.97 Å². The van der Waals surface area contributed by atoms with Gasteiger partial charge in [0.2, 0.25) is 0 Å². The Hall–Kier alpha value is -0.870. The van der Waals surface area contributed by atoms with E-state index < -0.39 is 24.1 Å². The molecular weight excluding hydrogens is 292 g/mol. The smallest absolute Gasteiger partial charge is 0.306 e. The second-order valence-corrected chi connectivity index (χ2v) is 8.93. The lowest BCUT2D eigenvalue weighted by atomic mass is 9.43. The molecule has 0 aliphatic heterocycles. The van der Waals surface area contributed by atoms with E-state index in [2.05, 4.69) is 13.5 Å². The van der Waals surface area contributed by atoms with Crippen LogP contribution in [0.25, 0.3) is 0 Å². The first-order valence-electron chi connectivity index (χ1n) is 9.07. The summed E-state index contributed by atoms with van der Waals surface area (Å²) in [5.41, 5.74) is 0.696. The quantitative estimate of drug-likeness (QED) is 0.649. The van der Waals surface area contributed by atoms with Crippen LogP contribution in [0.1, 0.15) is 51.9 Å². The highest BCUT2D eigenvalue weighted by molar-refractivity contribution is 5.71. The maximum Gasteiger partial charge on any atom is 0.306 e. The van der Waals surface area contributed by atoms with E-state index in [1.54, 1.807) is 0 Å². The third-order valence-electron chi connectivity index (χ3n) is 8.11. The van der Waals surface area contributed by atoms with Crippen LogP contribution in [0.2, 0.25) is 0 Å². The lowest BCUT2D eigenvalue weighted by molar-refractivity contribution is -0.184. The minimum Gasteiger partial charge on any atom is -0.481 e. The number of carbonyl (C=O) groups is 1. The summed E-state index contributed by atoms with van der Waals surface area (Å²) in [5, 5.41) is 30.9. The maximum absolute atomic E-state index is 11.8. The SMILES string of the molecule is C=C1[C@H]2CC[C@@H]3C(CC[C@@H]4[C@H](C(=O)O)C[C@@H](O)C[C@]43C)(C2)[C@H]1O. The van der Waals surface area contributed by atoms with Crippen molar-refractivity contribution in [3.8, 4) is 0 Å². The van der Waals surface area contributed by atoms with Crippen LogP contribution >= 0.6 is 0 Å². The monoisotopic (exact) mass is 320 g/mol. The molecule has 0 aromatic heterocycles. The Labute approximate surface area is 137 Å². The number of aliphatic hydroxyl groups is 2. The molecule has 0 aromatic rings. The summed E-state index contributed by atoms with van der Waals surface area (Å²) in [4.78, 5) is 11.8. The molecular formula is C19H28O4. The Bertz CT molecular complexity index is 558. The van der Waals surface area contributed by atoms with Crippen LogP contribution in [-0.2, 0) is 4.79 Å². The first kappa shape index (κ1) is 15.6. The van der Waals surface area contributed by atoms with Gasteiger partial charge < -0.3 is 15.3 Å². The summed E-state index contributed by atoms with van der Waals surface area (Å²) < 4.78 is 0. The van der Waals surface area contributed by atoms with Gasteiger partial charge in [-0.25, -0.2) is 0 Å². The molecule has 8 atom stereocenters. The van der Waals surface area contributed by atoms with Gasteiger partial charge in [0, 0.05) is 5.41 Å². The molecule has 2 bridgehead atoms. The summed E-state index contributed by atoms with van der Waals surface area (Å²) in [6, 6.07) is 0. The summed E-state index contributed by atoms with van der Waals surface area (Å²) in [6.45, 7) is 6.35. The fraction of sp³-hybridized carbons (Fsp3) is 0.842. The van der Waals surface area contributed by atoms with Crippen LogP contribution in [0.15, 0.2) is 12.2 Å². The molecule has 4 heteroatoms. The number of fused-ring (bicyclic) bond motifs is 3. The molecule has 1 unspecified atom stereocenters. The Kier molecular flexibility index (Phi) is 3.28. The van der Waals surface area contributed by atoms with Gasteiger partial charge in [0.05, 0.1) is 18.1 Å². The van der Waals surface area contributed by atoms with Crippen LogP contribution in [-0.4, -0.2) is 33.5 Å². The fourth-order valence-corrected chi connectivity index (χ4v) is 7.26. The average molecular weight is 320 g/mol. The summed E-state index contributed by atoms with van der Waals surface area (Å²) in [6.07, 6.45) is 4.94. The number of carboxylic acid groups (broad SMARTS) is 1. The number of aliphatic hydroxyl groups excluding tert-OH is 2. The van der Waals surface area contributed by atoms with Crippen molar-refractivity contribution in [3.63, 3.8) is 0 Å². The van der Waals surface area contributed by atoms with Crippen molar-refractivity contribution >= 4 is 5.97 Å². The molecule has 23 heavy (non-hydrogen) atoms. The van der Waals surface area contributed by atoms with E-state index in [1.807, 2.05) is 0 Å². The predicted octanol–water partition coefficient (Wildman–Crippen LogP) is 2.59. The Morgan fingerprint density at radius 2 is 1.96 bits per heavy atom. The van der Waals surface area contributed by atoms with Crippen LogP contribution in [0.4, 0.5) is 0 Å². The summed E-state index contributed by atoms with van der Waals surface area (Å²) in [7, 11) is 0. The molecule has 4 fully saturated rings. The molecule has 4 aliphatic carbocycles. The molecule has 4 nitrogen and oxygen atoms in total. The van der Waals surface area contributed by atoms with Crippen molar-refractivity contribution in [1.82, 2.24) is 0 Å². The van der Waals surface area contributed by atoms with E-state index >= 15 is 0 Å². The molecule has 4 aliphatic rings. The molecule has 4 rings (SSSR count). The molecule has 0 amide bonds. The van der Waals surface area contributed by atoms with Crippen LogP contribution in [0, 0.1) is 34.5 Å². The zero-order chi connectivity index (χ0) is 16.6. The number of carboxylic acids is 1. The Morgan fingerprint density at radius 1 is 1.22 bits per heavy atom. The topological polar surface area (TPSA) is 77.8 Å². The van der Waals surface area contributed by atoms with Crippen molar-refractivity contribution < 1.29 is 20.1 Å². The zero-order valence-corrected chi connectivity index (χ0v) is 13.9. The van der Waals surface area contributed by atoms with E-state index in [0.717, 1.165) is 37.7 Å². The third-order valence-corrected chi connectivity index (χ3v) is 8.11. The highest BCUT2D eigenvalue weighted by atomic mass is 16.4. The second kappa shape index (κ2) is 4.82. The largest absolute Gasteiger partial charge is 0.481 e. The van der Waals surface area contributed by atoms with Gasteiger partial charge in [0.1, 0.15) is 0 Å². The lowest BCUT2D eigenvalue weighted by Crippen LogP contribution is -2.59. The summed E-state index contributed by atoms with van der Waals surface area (Å²) >= 11 is 0. The van der Waals surface area contributed by atoms with Gasteiger partial charge in [0.15, 0.2) is 0 Å². The van der Waals surface area contributed by atoms with Crippen LogP contribution in [0.3, 0.4) is 0 Å². The number of hydrogen-bond acceptors (Lipinski definition) is 3. The molecule has 0 radical (unpaired) electrons. The highest BCUT2D eigenvalue weighted by Crippen LogP contribution is 2.70. The molecule has 0 heterocycles. The second-order valence-electron chi connectivity index (χ2n) is 8.93. The molecule has 3 N–H and O–H groups in total. The molecule has 0 saturated heterocycles. The van der Waals surface area contributed by atoms with Gasteiger partial charge in [-0.1, -0.05) is 13.5 Å². The van der Waals surface area contributed by atoms with Gasteiger partial charge in [-0.2, -0.15) is 0 Å².